The van der Waals surface area contributed by atoms with Gasteiger partial charge in [-0.1, -0.05) is 12.1 Å². The van der Waals surface area contributed by atoms with Crippen LogP contribution in [0.5, 0.6) is 0 Å². The SMILES string of the molecule is Nc1ncc(-c2cnn(C3CN(CC=O)CCO3)c2)cc1-c1nc2ccccc2s1. The number of aromatic nitrogens is 4. The molecule has 0 aliphatic carbocycles. The standard InChI is InChI=1S/C21H20N6O2S/c22-20-16(21-25-17-3-1-2-4-18(17)30-21)9-14(10-23-20)15-11-24-27(12-15)19-13-26(5-7-28)6-8-29-19/h1-4,7,9-12,19H,5-6,8,13H2,(H2,22,23). The largest absolute Gasteiger partial charge is 0.383 e. The highest BCUT2D eigenvalue weighted by Crippen LogP contribution is 2.35. The highest BCUT2D eigenvalue weighted by atomic mass is 32.1. The molecule has 0 bridgehead atoms. The average molecular weight is 420 g/mol. The van der Waals surface area contributed by atoms with Crippen LogP contribution >= 0.6 is 11.3 Å². The summed E-state index contributed by atoms with van der Waals surface area (Å²) in [6.07, 6.45) is 6.16. The van der Waals surface area contributed by atoms with Gasteiger partial charge in [0.05, 0.1) is 35.1 Å². The van der Waals surface area contributed by atoms with Crippen molar-refractivity contribution in [1.29, 1.82) is 0 Å². The zero-order chi connectivity index (χ0) is 20.5. The minimum Gasteiger partial charge on any atom is -0.383 e. The molecule has 0 radical (unpaired) electrons. The predicted octanol–water partition coefficient (Wildman–Crippen LogP) is 2.83. The van der Waals surface area contributed by atoms with E-state index in [9.17, 15) is 4.79 Å². The van der Waals surface area contributed by atoms with Gasteiger partial charge in [-0.15, -0.1) is 11.3 Å². The molecule has 0 amide bonds. The predicted molar refractivity (Wildman–Crippen MR) is 116 cm³/mol. The molecule has 8 nitrogen and oxygen atoms in total. The number of para-hydroxylation sites is 1. The van der Waals surface area contributed by atoms with Gasteiger partial charge >= 0.3 is 0 Å². The summed E-state index contributed by atoms with van der Waals surface area (Å²) in [5.74, 6) is 0.449. The molecule has 1 atom stereocenters. The molecule has 1 unspecified atom stereocenters. The fourth-order valence-electron chi connectivity index (χ4n) is 3.55. The molecule has 1 fully saturated rings. The molecule has 2 N–H and O–H groups in total. The van der Waals surface area contributed by atoms with E-state index in [2.05, 4.69) is 15.0 Å². The second-order valence-electron chi connectivity index (χ2n) is 7.10. The Bertz CT molecular complexity index is 1170. The van der Waals surface area contributed by atoms with Gasteiger partial charge in [0, 0.05) is 36.6 Å². The Morgan fingerprint density at radius 1 is 1.27 bits per heavy atom. The monoisotopic (exact) mass is 420 g/mol. The number of carbonyl (C=O) groups is 1. The maximum atomic E-state index is 10.8. The number of nitrogen functional groups attached to an aromatic ring is 1. The van der Waals surface area contributed by atoms with Crippen LogP contribution in [0.1, 0.15) is 6.23 Å². The molecule has 1 saturated heterocycles. The lowest BCUT2D eigenvalue weighted by molar-refractivity contribution is -0.113. The summed E-state index contributed by atoms with van der Waals surface area (Å²) in [4.78, 5) is 22.0. The number of hydrogen-bond donors (Lipinski definition) is 1. The van der Waals surface area contributed by atoms with Crippen molar-refractivity contribution in [2.75, 3.05) is 32.0 Å². The maximum Gasteiger partial charge on any atom is 0.162 e. The molecular weight excluding hydrogens is 400 g/mol. The number of benzene rings is 1. The smallest absolute Gasteiger partial charge is 0.162 e. The van der Waals surface area contributed by atoms with Crippen LogP contribution in [0.25, 0.3) is 31.9 Å². The molecular formula is C21H20N6O2S. The molecule has 0 spiro atoms. The maximum absolute atomic E-state index is 10.8. The van der Waals surface area contributed by atoms with Gasteiger partial charge in [-0.3, -0.25) is 4.90 Å². The Hall–Kier alpha value is -3.14. The minimum absolute atomic E-state index is 0.224. The van der Waals surface area contributed by atoms with E-state index in [0.717, 1.165) is 44.7 Å². The zero-order valence-electron chi connectivity index (χ0n) is 16.1. The Morgan fingerprint density at radius 3 is 3.03 bits per heavy atom. The molecule has 1 aliphatic heterocycles. The molecule has 3 aromatic heterocycles. The van der Waals surface area contributed by atoms with Crippen LogP contribution < -0.4 is 5.73 Å². The first-order chi connectivity index (χ1) is 14.7. The first-order valence-corrected chi connectivity index (χ1v) is 10.5. The van der Waals surface area contributed by atoms with E-state index < -0.39 is 0 Å². The number of morpholine rings is 1. The van der Waals surface area contributed by atoms with E-state index in [1.165, 1.54) is 0 Å². The van der Waals surface area contributed by atoms with Crippen LogP contribution in [0.4, 0.5) is 5.82 Å². The molecule has 1 aromatic carbocycles. The van der Waals surface area contributed by atoms with E-state index in [-0.39, 0.29) is 6.23 Å². The molecule has 5 rings (SSSR count). The van der Waals surface area contributed by atoms with E-state index in [1.54, 1.807) is 28.4 Å². The number of nitrogens with two attached hydrogens (primary N) is 1. The summed E-state index contributed by atoms with van der Waals surface area (Å²) in [5.41, 5.74) is 9.75. The number of pyridine rings is 1. The number of nitrogens with zero attached hydrogens (tertiary/aromatic N) is 5. The summed E-state index contributed by atoms with van der Waals surface area (Å²) in [6.45, 7) is 2.34. The van der Waals surface area contributed by atoms with Crippen molar-refractivity contribution in [3.63, 3.8) is 0 Å². The second-order valence-corrected chi connectivity index (χ2v) is 8.13. The van der Waals surface area contributed by atoms with Crippen LogP contribution in [-0.4, -0.2) is 57.2 Å². The molecule has 9 heteroatoms. The van der Waals surface area contributed by atoms with Gasteiger partial charge < -0.3 is 15.3 Å². The van der Waals surface area contributed by atoms with Crippen molar-refractivity contribution in [1.82, 2.24) is 24.6 Å². The number of ether oxygens (including phenoxy) is 1. The van der Waals surface area contributed by atoms with Gasteiger partial charge in [0.2, 0.25) is 0 Å². The number of aldehydes is 1. The Labute approximate surface area is 176 Å². The quantitative estimate of drug-likeness (QED) is 0.496. The van der Waals surface area contributed by atoms with E-state index in [1.807, 2.05) is 36.5 Å². The molecule has 0 saturated carbocycles. The van der Waals surface area contributed by atoms with Crippen LogP contribution in [0.2, 0.25) is 0 Å². The summed E-state index contributed by atoms with van der Waals surface area (Å²) in [7, 11) is 0. The van der Waals surface area contributed by atoms with Crippen LogP contribution in [0, 0.1) is 0 Å². The van der Waals surface area contributed by atoms with Gasteiger partial charge in [0.15, 0.2) is 6.23 Å². The van der Waals surface area contributed by atoms with Crippen molar-refractivity contribution in [2.24, 2.45) is 0 Å². The van der Waals surface area contributed by atoms with Crippen LogP contribution in [-0.2, 0) is 9.53 Å². The van der Waals surface area contributed by atoms with Crippen LogP contribution in [0.15, 0.2) is 48.9 Å². The van der Waals surface area contributed by atoms with E-state index in [0.29, 0.717) is 25.5 Å². The average Bonchev–Trinajstić information content (AvgIpc) is 3.42. The number of anilines is 1. The Morgan fingerprint density at radius 2 is 2.17 bits per heavy atom. The van der Waals surface area contributed by atoms with Gasteiger partial charge in [-0.05, 0) is 18.2 Å². The second kappa shape index (κ2) is 7.94. The third kappa shape index (κ3) is 3.58. The number of thiazole rings is 1. The first kappa shape index (κ1) is 18.9. The fourth-order valence-corrected chi connectivity index (χ4v) is 4.54. The van der Waals surface area contributed by atoms with Gasteiger partial charge in [-0.25, -0.2) is 14.6 Å². The topological polar surface area (TPSA) is 99.2 Å². The first-order valence-electron chi connectivity index (χ1n) is 9.65. The highest BCUT2D eigenvalue weighted by Gasteiger charge is 2.22. The third-order valence-corrected chi connectivity index (χ3v) is 6.21. The van der Waals surface area contributed by atoms with Gasteiger partial charge in [-0.2, -0.15) is 5.10 Å². The van der Waals surface area contributed by atoms with Crippen molar-refractivity contribution >= 4 is 33.7 Å². The molecule has 4 heterocycles. The fraction of sp³-hybridized carbons (Fsp3) is 0.238. The lowest BCUT2D eigenvalue weighted by Gasteiger charge is -2.31. The summed E-state index contributed by atoms with van der Waals surface area (Å²) >= 11 is 1.60. The van der Waals surface area contributed by atoms with E-state index >= 15 is 0 Å². The summed E-state index contributed by atoms with van der Waals surface area (Å²) in [5, 5.41) is 5.32. The normalized spacial score (nSPS) is 17.4. The highest BCUT2D eigenvalue weighted by molar-refractivity contribution is 7.21. The van der Waals surface area contributed by atoms with Crippen LogP contribution in [0.3, 0.4) is 0 Å². The molecule has 1 aliphatic rings. The zero-order valence-corrected chi connectivity index (χ0v) is 17.0. The lowest BCUT2D eigenvalue weighted by Crippen LogP contribution is -2.41. The molecule has 4 aromatic rings. The number of carbonyl (C=O) groups excluding carboxylic acids is 1. The summed E-state index contributed by atoms with van der Waals surface area (Å²) < 4.78 is 8.74. The van der Waals surface area contributed by atoms with Crippen molar-refractivity contribution in [3.05, 3.63) is 48.9 Å². The molecule has 30 heavy (non-hydrogen) atoms. The van der Waals surface area contributed by atoms with Crippen molar-refractivity contribution in [2.45, 2.75) is 6.23 Å². The third-order valence-electron chi connectivity index (χ3n) is 5.14. The Kier molecular flexibility index (Phi) is 4.99. The number of hydrogen-bond acceptors (Lipinski definition) is 8. The van der Waals surface area contributed by atoms with Gasteiger partial charge in [0.1, 0.15) is 17.1 Å². The number of rotatable bonds is 5. The molecule has 152 valence electrons. The number of fused-ring (bicyclic) bond motifs is 1. The lowest BCUT2D eigenvalue weighted by atomic mass is 10.1. The Balaban J connectivity index is 1.44. The van der Waals surface area contributed by atoms with Crippen molar-refractivity contribution < 1.29 is 9.53 Å². The summed E-state index contributed by atoms with van der Waals surface area (Å²) in [6, 6.07) is 10.0. The van der Waals surface area contributed by atoms with Gasteiger partial charge in [0.25, 0.3) is 0 Å². The minimum atomic E-state index is -0.224. The van der Waals surface area contributed by atoms with E-state index in [4.69, 9.17) is 15.5 Å². The van der Waals surface area contributed by atoms with Crippen molar-refractivity contribution in [3.8, 4) is 21.7 Å².